The van der Waals surface area contributed by atoms with Crippen LogP contribution in [0.25, 0.3) is 11.6 Å². The number of sulfonamides is 2. The molecular weight excluding hydrogens is 1270 g/mol. The Balaban J connectivity index is 0.000000163. The van der Waals surface area contributed by atoms with Crippen LogP contribution in [0.4, 0.5) is 23.3 Å². The molecule has 510 valence electrons. The smallest absolute Gasteiger partial charge is 0.281 e. The van der Waals surface area contributed by atoms with Crippen molar-refractivity contribution >= 4 is 55.1 Å². The Kier molecular flexibility index (Phi) is 13.1. The van der Waals surface area contributed by atoms with Crippen LogP contribution in [0.3, 0.4) is 0 Å². The average Bonchev–Trinajstić information content (AvgIpc) is 1.44. The van der Waals surface area contributed by atoms with Gasteiger partial charge in [0.15, 0.2) is 44.8 Å². The maximum atomic E-state index is 14.0. The molecule has 24 nitrogen and oxygen atoms in total. The first-order chi connectivity index (χ1) is 49.5. The van der Waals surface area contributed by atoms with E-state index in [2.05, 4.69) is 54.1 Å². The Hall–Kier alpha value is -8.52. The Bertz CT molecular complexity index is 4860. The van der Waals surface area contributed by atoms with Crippen LogP contribution in [0.15, 0.2) is 113 Å². The van der Waals surface area contributed by atoms with Crippen molar-refractivity contribution in [1.82, 2.24) is 48.9 Å². The number of hydrogen-bond acceptors (Lipinski definition) is 20. The third-order valence-corrected chi connectivity index (χ3v) is 24.7. The van der Waals surface area contributed by atoms with Gasteiger partial charge in [-0.05, 0) is 230 Å². The lowest BCUT2D eigenvalue weighted by molar-refractivity contribution is 0.0972. The highest BCUT2D eigenvalue weighted by Gasteiger charge is 2.86. The molecule has 7 aromatic rings. The Morgan fingerprint density at radius 2 is 1.01 bits per heavy atom. The minimum atomic E-state index is -4.45. The van der Waals surface area contributed by atoms with Gasteiger partial charge in [0.25, 0.3) is 31.9 Å². The van der Waals surface area contributed by atoms with Gasteiger partial charge in [-0.15, -0.1) is 10.2 Å². The van der Waals surface area contributed by atoms with E-state index in [1.165, 1.54) is 76.4 Å². The predicted molar refractivity (Wildman–Crippen MR) is 361 cm³/mol. The molecular formula is C71H84N14O10S2. The molecule has 0 unspecified atom stereocenters. The van der Waals surface area contributed by atoms with Crippen molar-refractivity contribution in [3.63, 3.8) is 0 Å². The number of aromatic hydroxyl groups is 1. The van der Waals surface area contributed by atoms with E-state index >= 15 is 0 Å². The second-order valence-corrected chi connectivity index (χ2v) is 32.5. The first-order valence-corrected chi connectivity index (χ1v) is 36.6. The van der Waals surface area contributed by atoms with E-state index in [0.29, 0.717) is 31.9 Å². The number of carbonyl (C=O) groups excluding carboxylic acids is 2. The van der Waals surface area contributed by atoms with Gasteiger partial charge in [0.1, 0.15) is 18.2 Å². The molecule has 4 spiro atoms. The number of anilines is 4. The maximum Gasteiger partial charge on any atom is 0.281 e. The summed E-state index contributed by atoms with van der Waals surface area (Å²) in [5, 5.41) is 24.6. The highest BCUT2D eigenvalue weighted by Crippen LogP contribution is 2.94. The highest BCUT2D eigenvalue weighted by molar-refractivity contribution is 7.90. The summed E-state index contributed by atoms with van der Waals surface area (Å²) in [6, 6.07) is 23.7. The van der Waals surface area contributed by atoms with Crippen LogP contribution in [-0.2, 0) is 26.7 Å². The standard InChI is InChI=1S/C39H45N7O5S.C32H39N7O5S/c1-37(2)23-27-9-6-20-40-34-29(51-25-26-7-4-3-5-8-26)11-13-33(42-34)52(48,49)44-36(47)28-10-12-31(41-35(28)45(37)24-27)46-21-14-32(43-46)50-22-15-30-38(16-17-38)39(30)18-19-39;1-30(2)18-20-4-3-15-33-27-22(40)6-8-26(35-27)45(42,43)37-29(41)21-5-7-24(34-28(21)38(30)19-20)39-16-9-25(36-39)44-17-10-23-31(11-12-31)32(23)13-14-32/h3-5,7-8,10-14,21,27,30H,6,9,15-20,22-25H2,1-2H3,(H,40,42)(H,44,47);5-9,16,20,23,40H,3-4,10-15,17-19H2,1-2H3,(H,33,35)(H,37,41)/t27-;20-/m00/s1/i15D2,22D2;10D2,17D2. The van der Waals surface area contributed by atoms with E-state index < -0.39 is 73.8 Å². The van der Waals surface area contributed by atoms with Crippen molar-refractivity contribution < 1.29 is 56.7 Å². The molecule has 10 aliphatic rings. The number of amides is 2. The monoisotopic (exact) mass is 1360 g/mol. The summed E-state index contributed by atoms with van der Waals surface area (Å²) < 4.78 is 148. The second kappa shape index (κ2) is 23.3. The van der Waals surface area contributed by atoms with Gasteiger partial charge in [-0.3, -0.25) is 9.59 Å². The number of nitrogens with one attached hydrogen (secondary N) is 4. The van der Waals surface area contributed by atoms with Crippen molar-refractivity contribution in [2.45, 2.75) is 158 Å². The van der Waals surface area contributed by atoms with E-state index in [1.807, 2.05) is 54.0 Å². The van der Waals surface area contributed by atoms with Crippen molar-refractivity contribution in [3.05, 3.63) is 120 Å². The summed E-state index contributed by atoms with van der Waals surface area (Å²) in [5.41, 5.74) is -0.164. The minimum absolute atomic E-state index is 0.0169. The van der Waals surface area contributed by atoms with Gasteiger partial charge in [0.2, 0.25) is 11.8 Å². The first kappa shape index (κ1) is 54.5. The van der Waals surface area contributed by atoms with E-state index in [1.54, 1.807) is 0 Å². The first-order valence-electron chi connectivity index (χ1n) is 37.6. The average molecular weight is 1370 g/mol. The molecule has 2 amide bonds. The molecule has 2 saturated heterocycles. The van der Waals surface area contributed by atoms with Crippen LogP contribution in [0.2, 0.25) is 0 Å². The number of rotatable bonds is 13. The van der Waals surface area contributed by atoms with Crippen LogP contribution in [0, 0.1) is 45.3 Å². The number of nitrogens with zero attached hydrogens (tertiary/aromatic N) is 10. The molecule has 5 N–H and O–H groups in total. The van der Waals surface area contributed by atoms with Gasteiger partial charge in [0.05, 0.1) is 29.7 Å². The van der Waals surface area contributed by atoms with E-state index in [-0.39, 0.29) is 121 Å². The highest BCUT2D eigenvalue weighted by atomic mass is 32.2. The molecule has 97 heavy (non-hydrogen) atoms. The largest absolute Gasteiger partial charge is 0.504 e. The van der Waals surface area contributed by atoms with Crippen LogP contribution in [0.5, 0.6) is 23.3 Å². The number of hydrogen-bond donors (Lipinski definition) is 5. The molecule has 4 aliphatic heterocycles. The number of fused-ring (bicyclic) bond motifs is 14. The maximum absolute atomic E-state index is 14.0. The van der Waals surface area contributed by atoms with Gasteiger partial charge in [0, 0.05) is 67.3 Å². The lowest BCUT2D eigenvalue weighted by Crippen LogP contribution is -2.41. The minimum Gasteiger partial charge on any atom is -0.504 e. The molecule has 1 aromatic carbocycles. The predicted octanol–water partition coefficient (Wildman–Crippen LogP) is 10.4. The van der Waals surface area contributed by atoms with Crippen molar-refractivity contribution in [2.75, 3.05) is 59.7 Å². The third-order valence-electron chi connectivity index (χ3n) is 22.2. The Morgan fingerprint density at radius 1 is 0.557 bits per heavy atom. The van der Waals surface area contributed by atoms with Gasteiger partial charge < -0.3 is 39.8 Å². The molecule has 17 rings (SSSR count). The van der Waals surface area contributed by atoms with Crippen LogP contribution in [-0.4, -0.2) is 124 Å². The lowest BCUT2D eigenvalue weighted by atomic mass is 9.93. The molecule has 8 fully saturated rings. The zero-order chi connectivity index (χ0) is 74.1. The Morgan fingerprint density at radius 3 is 1.48 bits per heavy atom. The summed E-state index contributed by atoms with van der Waals surface area (Å²) in [5.74, 6) is -0.696. The summed E-state index contributed by atoms with van der Waals surface area (Å²) in [6.07, 6.45) is 11.0. The summed E-state index contributed by atoms with van der Waals surface area (Å²) >= 11 is 0. The van der Waals surface area contributed by atoms with Crippen LogP contribution < -0.4 is 44.1 Å². The SMILES string of the molecule is [2H]C([2H])(Oc1ccn(-c2ccc3c(n2)N2C[C@@H](CCCNc4nc(ccc4O)S(=O)(=O)NC3=O)CC2(C)C)n1)C([2H])([2H])C1C2(CC2)C12CC2.[2H]C([2H])(Oc1ccn(-c2ccc3c(n2)N2C[C@@H](CCCNc4nc(ccc4OCc4ccccc4)S(=O)(=O)NC3=O)CC2(C)C)n1)C([2H])([2H])C1C2(CC2)C12CC2. The van der Waals surface area contributed by atoms with Crippen molar-refractivity contribution in [1.29, 1.82) is 0 Å². The fourth-order valence-electron chi connectivity index (χ4n) is 16.7. The lowest BCUT2D eigenvalue weighted by Gasteiger charge is -2.34. The summed E-state index contributed by atoms with van der Waals surface area (Å²) in [7, 11) is -8.88. The topological polar surface area (TPSA) is 292 Å². The summed E-state index contributed by atoms with van der Waals surface area (Å²) in [4.78, 5) is 49.9. The molecule has 0 radical (unpaired) electrons. The number of benzene rings is 1. The number of ether oxygens (including phenoxy) is 3. The number of aromatic nitrogens is 8. The third kappa shape index (κ3) is 11.6. The van der Waals surface area contributed by atoms with E-state index in [0.717, 1.165) is 102 Å². The molecule has 6 aromatic heterocycles. The quantitative estimate of drug-likeness (QED) is 0.0717. The van der Waals surface area contributed by atoms with Gasteiger partial charge in [-0.1, -0.05) is 30.3 Å². The van der Waals surface area contributed by atoms with Gasteiger partial charge in [-0.25, -0.2) is 38.7 Å². The normalized spacial score (nSPS) is 25.9. The fraction of sp³-hybridized carbons (Fsp3) is 0.521. The van der Waals surface area contributed by atoms with E-state index in [9.17, 15) is 31.5 Å². The fourth-order valence-corrected chi connectivity index (χ4v) is 18.5. The van der Waals surface area contributed by atoms with Gasteiger partial charge >= 0.3 is 0 Å². The molecule has 2 atom stereocenters. The Labute approximate surface area is 576 Å². The van der Waals surface area contributed by atoms with Gasteiger partial charge in [-0.2, -0.15) is 16.8 Å². The van der Waals surface area contributed by atoms with Crippen LogP contribution >= 0.6 is 0 Å². The second-order valence-electron chi connectivity index (χ2n) is 29.2. The van der Waals surface area contributed by atoms with E-state index in [4.69, 9.17) is 35.1 Å². The molecule has 10 heterocycles. The number of pyridine rings is 4. The zero-order valence-electron chi connectivity index (χ0n) is 62.5. The zero-order valence-corrected chi connectivity index (χ0v) is 56.1. The van der Waals surface area contributed by atoms with Crippen molar-refractivity contribution in [2.24, 2.45) is 45.3 Å². The van der Waals surface area contributed by atoms with Crippen LogP contribution in [0.1, 0.15) is 168 Å². The molecule has 6 aliphatic carbocycles. The molecule has 6 saturated carbocycles. The number of carbonyl (C=O) groups is 2. The molecule has 8 bridgehead atoms. The molecule has 26 heteroatoms. The summed E-state index contributed by atoms with van der Waals surface area (Å²) in [6.45, 7) is 5.34. The van der Waals surface area contributed by atoms with Crippen molar-refractivity contribution in [3.8, 4) is 34.9 Å².